The lowest BCUT2D eigenvalue weighted by Gasteiger charge is -2.20. The second-order valence-corrected chi connectivity index (χ2v) is 4.17. The summed E-state index contributed by atoms with van der Waals surface area (Å²) in [6.45, 7) is 0.183. The molecule has 0 bridgehead atoms. The Morgan fingerprint density at radius 1 is 1.11 bits per heavy atom. The Kier molecular flexibility index (Phi) is 6.45. The van der Waals surface area contributed by atoms with Crippen LogP contribution in [0.5, 0.6) is 17.2 Å². The molecule has 108 valence electrons. The molecule has 1 aromatic carbocycles. The highest BCUT2D eigenvalue weighted by Crippen LogP contribution is 2.40. The minimum atomic E-state index is 0.140. The van der Waals surface area contributed by atoms with Crippen molar-refractivity contribution in [3.05, 3.63) is 17.7 Å². The van der Waals surface area contributed by atoms with E-state index in [0.717, 1.165) is 18.4 Å². The van der Waals surface area contributed by atoms with E-state index in [2.05, 4.69) is 5.32 Å². The van der Waals surface area contributed by atoms with Crippen LogP contribution in [0, 0.1) is 0 Å². The lowest BCUT2D eigenvalue weighted by molar-refractivity contribution is 0.276. The van der Waals surface area contributed by atoms with Gasteiger partial charge in [0, 0.05) is 12.6 Å². The average Bonchev–Trinajstić information content (AvgIpc) is 2.46. The Balaban J connectivity index is 3.12. The van der Waals surface area contributed by atoms with Crippen molar-refractivity contribution in [3.63, 3.8) is 0 Å². The zero-order chi connectivity index (χ0) is 14.3. The molecule has 1 atom stereocenters. The molecule has 0 spiro atoms. The zero-order valence-electron chi connectivity index (χ0n) is 12.0. The number of hydrogen-bond acceptors (Lipinski definition) is 5. The highest BCUT2D eigenvalue weighted by molar-refractivity contribution is 5.54. The Labute approximate surface area is 114 Å². The highest BCUT2D eigenvalue weighted by Gasteiger charge is 2.17. The van der Waals surface area contributed by atoms with Gasteiger partial charge in [0.05, 0.1) is 21.3 Å². The summed E-state index contributed by atoms with van der Waals surface area (Å²) in [4.78, 5) is 0. The highest BCUT2D eigenvalue weighted by atomic mass is 16.5. The summed E-state index contributed by atoms with van der Waals surface area (Å²) in [6.07, 6.45) is 1.58. The van der Waals surface area contributed by atoms with Crippen LogP contribution >= 0.6 is 0 Å². The Bertz CT molecular complexity index is 370. The number of aliphatic hydroxyl groups is 1. The lowest BCUT2D eigenvalue weighted by atomic mass is 10.0. The molecule has 2 N–H and O–H groups in total. The maximum absolute atomic E-state index is 8.94. The molecule has 0 aliphatic heterocycles. The minimum Gasteiger partial charge on any atom is -0.493 e. The largest absolute Gasteiger partial charge is 0.493 e. The second kappa shape index (κ2) is 7.86. The third-order valence-electron chi connectivity index (χ3n) is 3.09. The first kappa shape index (κ1) is 15.6. The molecule has 1 unspecified atom stereocenters. The molecule has 0 aliphatic carbocycles. The fraction of sp³-hybridized carbons (Fsp3) is 0.571. The Morgan fingerprint density at radius 2 is 1.68 bits per heavy atom. The van der Waals surface area contributed by atoms with Crippen LogP contribution in [0.4, 0.5) is 0 Å². The number of nitrogens with one attached hydrogen (secondary N) is 1. The molecular weight excluding hydrogens is 246 g/mol. The fourth-order valence-corrected chi connectivity index (χ4v) is 2.08. The van der Waals surface area contributed by atoms with Gasteiger partial charge < -0.3 is 24.6 Å². The number of ether oxygens (including phenoxy) is 3. The first-order chi connectivity index (χ1) is 9.21. The first-order valence-corrected chi connectivity index (χ1v) is 6.29. The molecule has 0 amide bonds. The average molecular weight is 269 g/mol. The van der Waals surface area contributed by atoms with Gasteiger partial charge in [-0.25, -0.2) is 0 Å². The predicted molar refractivity (Wildman–Crippen MR) is 74.2 cm³/mol. The molecular formula is C14H23NO4. The van der Waals surface area contributed by atoms with Crippen LogP contribution in [0.15, 0.2) is 12.1 Å². The fourth-order valence-electron chi connectivity index (χ4n) is 2.08. The Hall–Kier alpha value is -1.46. The van der Waals surface area contributed by atoms with Gasteiger partial charge in [0.2, 0.25) is 5.75 Å². The number of rotatable bonds is 8. The van der Waals surface area contributed by atoms with Crippen molar-refractivity contribution in [2.45, 2.75) is 18.9 Å². The van der Waals surface area contributed by atoms with Crippen LogP contribution < -0.4 is 19.5 Å². The smallest absolute Gasteiger partial charge is 0.203 e. The van der Waals surface area contributed by atoms with E-state index in [1.807, 2.05) is 19.2 Å². The first-order valence-electron chi connectivity index (χ1n) is 6.29. The summed E-state index contributed by atoms with van der Waals surface area (Å²) < 4.78 is 16.0. The van der Waals surface area contributed by atoms with Gasteiger partial charge in [0.15, 0.2) is 11.5 Å². The summed E-state index contributed by atoms with van der Waals surface area (Å²) in [7, 11) is 6.68. The molecule has 5 nitrogen and oxygen atoms in total. The molecule has 0 aliphatic rings. The van der Waals surface area contributed by atoms with Crippen LogP contribution in [0.3, 0.4) is 0 Å². The van der Waals surface area contributed by atoms with E-state index in [1.54, 1.807) is 21.3 Å². The number of benzene rings is 1. The molecule has 0 radical (unpaired) electrons. The monoisotopic (exact) mass is 269 g/mol. The van der Waals surface area contributed by atoms with Gasteiger partial charge in [-0.05, 0) is 37.6 Å². The molecule has 0 saturated carbocycles. The predicted octanol–water partition coefficient (Wildman–Crippen LogP) is 1.75. The maximum atomic E-state index is 8.94. The van der Waals surface area contributed by atoms with Crippen molar-refractivity contribution in [1.29, 1.82) is 0 Å². The van der Waals surface area contributed by atoms with E-state index in [1.165, 1.54) is 0 Å². The standard InChI is InChI=1S/C14H23NO4/c1-15-11(6-5-7-16)10-8-12(17-2)14(19-4)13(9-10)18-3/h8-9,11,15-16H,5-7H2,1-4H3. The summed E-state index contributed by atoms with van der Waals surface area (Å²) in [6, 6.07) is 4.00. The van der Waals surface area contributed by atoms with Gasteiger partial charge in [-0.1, -0.05) is 0 Å². The third-order valence-corrected chi connectivity index (χ3v) is 3.09. The minimum absolute atomic E-state index is 0.140. The van der Waals surface area contributed by atoms with Crippen LogP contribution in [0.25, 0.3) is 0 Å². The van der Waals surface area contributed by atoms with E-state index in [0.29, 0.717) is 17.2 Å². The van der Waals surface area contributed by atoms with Crippen molar-refractivity contribution in [3.8, 4) is 17.2 Å². The number of aliphatic hydroxyl groups excluding tert-OH is 1. The van der Waals surface area contributed by atoms with Gasteiger partial charge >= 0.3 is 0 Å². The maximum Gasteiger partial charge on any atom is 0.203 e. The van der Waals surface area contributed by atoms with Crippen LogP contribution in [0.1, 0.15) is 24.4 Å². The van der Waals surface area contributed by atoms with E-state index in [4.69, 9.17) is 19.3 Å². The van der Waals surface area contributed by atoms with Crippen LogP contribution in [-0.4, -0.2) is 40.1 Å². The lowest BCUT2D eigenvalue weighted by Crippen LogP contribution is -2.17. The van der Waals surface area contributed by atoms with Crippen molar-refractivity contribution < 1.29 is 19.3 Å². The van der Waals surface area contributed by atoms with E-state index in [9.17, 15) is 0 Å². The van der Waals surface area contributed by atoms with Gasteiger partial charge in [-0.3, -0.25) is 0 Å². The molecule has 1 aromatic rings. The van der Waals surface area contributed by atoms with Gasteiger partial charge in [0.1, 0.15) is 0 Å². The molecule has 0 fully saturated rings. The zero-order valence-corrected chi connectivity index (χ0v) is 12.0. The molecule has 0 saturated heterocycles. The van der Waals surface area contributed by atoms with E-state index in [-0.39, 0.29) is 12.6 Å². The van der Waals surface area contributed by atoms with Gasteiger partial charge in [0.25, 0.3) is 0 Å². The topological polar surface area (TPSA) is 60.0 Å². The van der Waals surface area contributed by atoms with E-state index < -0.39 is 0 Å². The van der Waals surface area contributed by atoms with Crippen molar-refractivity contribution >= 4 is 0 Å². The molecule has 0 aromatic heterocycles. The number of hydrogen-bond donors (Lipinski definition) is 2. The third kappa shape index (κ3) is 3.75. The molecule has 5 heteroatoms. The summed E-state index contributed by atoms with van der Waals surface area (Å²) in [5.74, 6) is 1.87. The Morgan fingerprint density at radius 3 is 2.05 bits per heavy atom. The van der Waals surface area contributed by atoms with Crippen LogP contribution in [-0.2, 0) is 0 Å². The van der Waals surface area contributed by atoms with Crippen molar-refractivity contribution in [2.24, 2.45) is 0 Å². The SMILES string of the molecule is CNC(CCCO)c1cc(OC)c(OC)c(OC)c1. The van der Waals surface area contributed by atoms with Crippen molar-refractivity contribution in [2.75, 3.05) is 35.0 Å². The number of methoxy groups -OCH3 is 3. The molecule has 0 heterocycles. The quantitative estimate of drug-likeness (QED) is 0.753. The van der Waals surface area contributed by atoms with Gasteiger partial charge in [-0.15, -0.1) is 0 Å². The second-order valence-electron chi connectivity index (χ2n) is 4.17. The molecule has 1 rings (SSSR count). The summed E-state index contributed by atoms with van der Waals surface area (Å²) in [5, 5.41) is 12.2. The van der Waals surface area contributed by atoms with Crippen molar-refractivity contribution in [1.82, 2.24) is 5.32 Å². The molecule has 19 heavy (non-hydrogen) atoms. The van der Waals surface area contributed by atoms with Crippen LogP contribution in [0.2, 0.25) is 0 Å². The van der Waals surface area contributed by atoms with Gasteiger partial charge in [-0.2, -0.15) is 0 Å². The van der Waals surface area contributed by atoms with E-state index >= 15 is 0 Å². The summed E-state index contributed by atoms with van der Waals surface area (Å²) in [5.41, 5.74) is 1.05. The normalized spacial score (nSPS) is 12.1. The summed E-state index contributed by atoms with van der Waals surface area (Å²) >= 11 is 0.